The van der Waals surface area contributed by atoms with Crippen LogP contribution in [0.15, 0.2) is 17.4 Å². The van der Waals surface area contributed by atoms with Crippen molar-refractivity contribution in [1.82, 2.24) is 25.3 Å². The van der Waals surface area contributed by atoms with Crippen molar-refractivity contribution in [2.45, 2.75) is 38.6 Å². The number of nitrogens with zero attached hydrogens (tertiary/aromatic N) is 5. The van der Waals surface area contributed by atoms with E-state index in [1.54, 1.807) is 15.8 Å². The average molecular weight is 503 g/mol. The van der Waals surface area contributed by atoms with Gasteiger partial charge in [-0.3, -0.25) is 19.3 Å². The lowest BCUT2D eigenvalue weighted by Gasteiger charge is -2.35. The van der Waals surface area contributed by atoms with Crippen LogP contribution in [0, 0.1) is 0 Å². The topological polar surface area (TPSA) is 94.9 Å². The smallest absolute Gasteiger partial charge is 0.246 e. The highest BCUT2D eigenvalue weighted by atomic mass is 127. The normalized spacial score (nSPS) is 17.4. The number of carbonyl (C=O) groups excluding carboxylic acids is 2. The quantitative estimate of drug-likeness (QED) is 0.248. The van der Waals surface area contributed by atoms with E-state index >= 15 is 0 Å². The summed E-state index contributed by atoms with van der Waals surface area (Å²) in [5, 5.41) is 10.4. The van der Waals surface area contributed by atoms with E-state index in [4.69, 9.17) is 0 Å². The lowest BCUT2D eigenvalue weighted by Crippen LogP contribution is -2.55. The number of anilines is 1. The van der Waals surface area contributed by atoms with Gasteiger partial charge in [-0.25, -0.2) is 0 Å². The van der Waals surface area contributed by atoms with Gasteiger partial charge in [-0.2, -0.15) is 5.10 Å². The molecule has 0 atom stereocenters. The van der Waals surface area contributed by atoms with E-state index in [0.29, 0.717) is 38.5 Å². The summed E-state index contributed by atoms with van der Waals surface area (Å²) in [7, 11) is 1.84. The highest BCUT2D eigenvalue weighted by Gasteiger charge is 2.27. The fraction of sp³-hybridized carbons (Fsp3) is 0.667. The lowest BCUT2D eigenvalue weighted by molar-refractivity contribution is -0.121. The van der Waals surface area contributed by atoms with Gasteiger partial charge in [0.2, 0.25) is 11.8 Å². The molecule has 3 rings (SSSR count). The maximum absolute atomic E-state index is 12.6. The number of amides is 2. The Morgan fingerprint density at radius 1 is 1.36 bits per heavy atom. The number of nitrogens with one attached hydrogen (secondary N) is 2. The standard InChI is InChI=1S/C18H29N7O2.HI/c1-3-19-18(20-8-4-5-16(26)22-14-6-7-14)24-9-10-25(17(27)13-24)15-11-21-23(2)12-15;/h11-12,14H,3-10,13H2,1-2H3,(H,19,20)(H,22,26);1H. The van der Waals surface area contributed by atoms with Crippen LogP contribution in [-0.2, 0) is 16.6 Å². The van der Waals surface area contributed by atoms with Crippen LogP contribution in [0.2, 0.25) is 0 Å². The predicted molar refractivity (Wildman–Crippen MR) is 119 cm³/mol. The van der Waals surface area contributed by atoms with Crippen LogP contribution < -0.4 is 15.5 Å². The van der Waals surface area contributed by atoms with E-state index in [2.05, 4.69) is 20.7 Å². The van der Waals surface area contributed by atoms with Gasteiger partial charge in [-0.1, -0.05) is 0 Å². The number of carbonyl (C=O) groups is 2. The molecular weight excluding hydrogens is 473 g/mol. The number of guanidine groups is 1. The van der Waals surface area contributed by atoms with E-state index in [1.165, 1.54) is 0 Å². The summed E-state index contributed by atoms with van der Waals surface area (Å²) in [4.78, 5) is 32.6. The Labute approximate surface area is 182 Å². The van der Waals surface area contributed by atoms with Gasteiger partial charge < -0.3 is 20.4 Å². The van der Waals surface area contributed by atoms with Gasteiger partial charge in [-0.05, 0) is 26.2 Å². The molecule has 2 N–H and O–H groups in total. The molecule has 28 heavy (non-hydrogen) atoms. The third-order valence-corrected chi connectivity index (χ3v) is 4.62. The van der Waals surface area contributed by atoms with Crippen molar-refractivity contribution in [3.63, 3.8) is 0 Å². The second-order valence-corrected chi connectivity index (χ2v) is 7.02. The molecule has 10 heteroatoms. The first-order chi connectivity index (χ1) is 13.1. The summed E-state index contributed by atoms with van der Waals surface area (Å²) in [6.07, 6.45) is 6.96. The molecule has 2 heterocycles. The van der Waals surface area contributed by atoms with Crippen LogP contribution >= 0.6 is 24.0 Å². The van der Waals surface area contributed by atoms with Crippen molar-refractivity contribution in [3.8, 4) is 0 Å². The summed E-state index contributed by atoms with van der Waals surface area (Å²) in [5.74, 6) is 0.876. The number of rotatable bonds is 7. The Bertz CT molecular complexity index is 702. The summed E-state index contributed by atoms with van der Waals surface area (Å²) in [5.41, 5.74) is 0.825. The Kier molecular flexibility index (Phi) is 8.52. The Morgan fingerprint density at radius 3 is 2.75 bits per heavy atom. The van der Waals surface area contributed by atoms with Crippen molar-refractivity contribution >= 4 is 47.4 Å². The Hall–Kier alpha value is -1.85. The van der Waals surface area contributed by atoms with E-state index < -0.39 is 0 Å². The largest absolute Gasteiger partial charge is 0.357 e. The van der Waals surface area contributed by atoms with Crippen molar-refractivity contribution < 1.29 is 9.59 Å². The first-order valence-electron chi connectivity index (χ1n) is 9.68. The number of aryl methyl sites for hydroxylation is 1. The van der Waals surface area contributed by atoms with Crippen LogP contribution in [0.25, 0.3) is 0 Å². The molecule has 1 aromatic rings. The second kappa shape index (κ2) is 10.6. The van der Waals surface area contributed by atoms with Gasteiger partial charge in [0.1, 0.15) is 6.54 Å². The van der Waals surface area contributed by atoms with Gasteiger partial charge in [0.05, 0.1) is 11.9 Å². The molecule has 0 bridgehead atoms. The van der Waals surface area contributed by atoms with Gasteiger partial charge >= 0.3 is 0 Å². The molecule has 0 radical (unpaired) electrons. The van der Waals surface area contributed by atoms with Crippen LogP contribution in [-0.4, -0.2) is 71.2 Å². The molecule has 0 spiro atoms. The van der Waals surface area contributed by atoms with Gasteiger partial charge in [0.25, 0.3) is 0 Å². The van der Waals surface area contributed by atoms with Crippen LogP contribution in [0.5, 0.6) is 0 Å². The molecule has 0 unspecified atom stereocenters. The van der Waals surface area contributed by atoms with Crippen molar-refractivity contribution in [2.24, 2.45) is 12.0 Å². The number of hydrogen-bond acceptors (Lipinski definition) is 4. The molecular formula is C18H30IN7O2. The zero-order chi connectivity index (χ0) is 19.2. The highest BCUT2D eigenvalue weighted by Crippen LogP contribution is 2.19. The minimum absolute atomic E-state index is 0. The van der Waals surface area contributed by atoms with Crippen LogP contribution in [0.4, 0.5) is 5.69 Å². The maximum Gasteiger partial charge on any atom is 0.246 e. The second-order valence-electron chi connectivity index (χ2n) is 7.02. The SMILES string of the molecule is CCNC(=NCCCC(=O)NC1CC1)N1CCN(c2cnn(C)c2)C(=O)C1.I. The van der Waals surface area contributed by atoms with E-state index in [1.807, 2.05) is 25.1 Å². The van der Waals surface area contributed by atoms with E-state index in [9.17, 15) is 9.59 Å². The molecule has 1 aliphatic heterocycles. The van der Waals surface area contributed by atoms with E-state index in [-0.39, 0.29) is 42.3 Å². The van der Waals surface area contributed by atoms with Gasteiger partial charge in [-0.15, -0.1) is 24.0 Å². The van der Waals surface area contributed by atoms with Crippen molar-refractivity contribution in [3.05, 3.63) is 12.4 Å². The predicted octanol–water partition coefficient (Wildman–Crippen LogP) is 0.711. The summed E-state index contributed by atoms with van der Waals surface area (Å²) >= 11 is 0. The zero-order valence-electron chi connectivity index (χ0n) is 16.6. The summed E-state index contributed by atoms with van der Waals surface area (Å²) < 4.78 is 1.69. The number of piperazine rings is 1. The highest BCUT2D eigenvalue weighted by molar-refractivity contribution is 14.0. The van der Waals surface area contributed by atoms with Crippen LogP contribution in [0.3, 0.4) is 0 Å². The number of aromatic nitrogens is 2. The minimum atomic E-state index is 0. The molecule has 9 nitrogen and oxygen atoms in total. The average Bonchev–Trinajstić information content (AvgIpc) is 3.35. The maximum atomic E-state index is 12.6. The third kappa shape index (κ3) is 6.35. The summed E-state index contributed by atoms with van der Waals surface area (Å²) in [6.45, 7) is 4.89. The monoisotopic (exact) mass is 503 g/mol. The fourth-order valence-corrected chi connectivity index (χ4v) is 3.05. The van der Waals surface area contributed by atoms with Crippen LogP contribution in [0.1, 0.15) is 32.6 Å². The third-order valence-electron chi connectivity index (χ3n) is 4.62. The summed E-state index contributed by atoms with van der Waals surface area (Å²) in [6, 6.07) is 0.403. The first-order valence-corrected chi connectivity index (χ1v) is 9.68. The lowest BCUT2D eigenvalue weighted by atomic mass is 10.3. The Morgan fingerprint density at radius 2 is 2.14 bits per heavy atom. The number of hydrogen-bond donors (Lipinski definition) is 2. The first kappa shape index (κ1) is 22.4. The molecule has 1 saturated carbocycles. The van der Waals surface area contributed by atoms with Crippen molar-refractivity contribution in [2.75, 3.05) is 37.6 Å². The molecule has 2 amide bonds. The zero-order valence-corrected chi connectivity index (χ0v) is 18.9. The minimum Gasteiger partial charge on any atom is -0.357 e. The molecule has 2 fully saturated rings. The fourth-order valence-electron chi connectivity index (χ4n) is 3.05. The van der Waals surface area contributed by atoms with Gasteiger partial charge in [0.15, 0.2) is 5.96 Å². The molecule has 0 aromatic carbocycles. The van der Waals surface area contributed by atoms with Crippen molar-refractivity contribution in [1.29, 1.82) is 0 Å². The molecule has 1 aromatic heterocycles. The van der Waals surface area contributed by atoms with E-state index in [0.717, 1.165) is 31.0 Å². The molecule has 1 aliphatic carbocycles. The van der Waals surface area contributed by atoms with Gasteiger partial charge in [0, 0.05) is 51.9 Å². The number of halogens is 1. The number of aliphatic imine (C=N–C) groups is 1. The molecule has 2 aliphatic rings. The Balaban J connectivity index is 0.00000280. The molecule has 1 saturated heterocycles. The molecule has 156 valence electrons.